The number of hydrogen-bond acceptors (Lipinski definition) is 6. The van der Waals surface area contributed by atoms with E-state index in [0.29, 0.717) is 23.6 Å². The van der Waals surface area contributed by atoms with Crippen LogP contribution in [0.25, 0.3) is 5.76 Å². The zero-order valence-corrected chi connectivity index (χ0v) is 16.7. The number of benzene rings is 1. The van der Waals surface area contributed by atoms with Crippen molar-refractivity contribution in [1.82, 2.24) is 9.88 Å². The topological polar surface area (TPSA) is 92.9 Å². The molecule has 156 valence electrons. The first kappa shape index (κ1) is 19.1. The third-order valence-corrected chi connectivity index (χ3v) is 5.59. The van der Waals surface area contributed by atoms with Gasteiger partial charge in [0.2, 0.25) is 0 Å². The number of likely N-dealkylation sites (tertiary alicyclic amines) is 1. The molecule has 1 fully saturated rings. The lowest BCUT2D eigenvalue weighted by Crippen LogP contribution is -2.29. The van der Waals surface area contributed by atoms with Crippen molar-refractivity contribution in [3.05, 3.63) is 89.1 Å². The predicted molar refractivity (Wildman–Crippen MR) is 111 cm³/mol. The van der Waals surface area contributed by atoms with Crippen LogP contribution >= 0.6 is 0 Å². The highest BCUT2D eigenvalue weighted by Gasteiger charge is 2.47. The Hall–Kier alpha value is -3.87. The minimum Gasteiger partial charge on any atom is -0.507 e. The second-order valence-electron chi connectivity index (χ2n) is 7.54. The third-order valence-electron chi connectivity index (χ3n) is 5.59. The fourth-order valence-corrected chi connectivity index (χ4v) is 4.12. The lowest BCUT2D eigenvalue weighted by molar-refractivity contribution is -0.140. The number of ketones is 1. The largest absolute Gasteiger partial charge is 0.507 e. The van der Waals surface area contributed by atoms with Gasteiger partial charge in [0, 0.05) is 11.8 Å². The van der Waals surface area contributed by atoms with Crippen LogP contribution in [0.15, 0.2) is 71.0 Å². The van der Waals surface area contributed by atoms with Crippen LogP contribution in [0.1, 0.15) is 35.0 Å². The van der Waals surface area contributed by atoms with Gasteiger partial charge >= 0.3 is 0 Å². The van der Waals surface area contributed by atoms with Gasteiger partial charge in [-0.1, -0.05) is 6.07 Å². The molecule has 1 N–H and O–H groups in total. The van der Waals surface area contributed by atoms with Crippen molar-refractivity contribution in [2.24, 2.45) is 0 Å². The van der Waals surface area contributed by atoms with Crippen LogP contribution in [0.4, 0.5) is 0 Å². The molecular formula is C24H20N2O5. The maximum atomic E-state index is 13.0. The average Bonchev–Trinajstić information content (AvgIpc) is 3.42. The fraction of sp³-hybridized carbons (Fsp3) is 0.208. The summed E-state index contributed by atoms with van der Waals surface area (Å²) in [5, 5.41) is 11.1. The zero-order valence-electron chi connectivity index (χ0n) is 16.7. The number of rotatable bonds is 4. The van der Waals surface area contributed by atoms with Gasteiger partial charge in [0.1, 0.15) is 23.3 Å². The van der Waals surface area contributed by atoms with Gasteiger partial charge < -0.3 is 19.2 Å². The lowest BCUT2D eigenvalue weighted by atomic mass is 9.96. The summed E-state index contributed by atoms with van der Waals surface area (Å²) in [5.41, 5.74) is 2.07. The van der Waals surface area contributed by atoms with Gasteiger partial charge in [-0.3, -0.25) is 14.6 Å². The Bertz CT molecular complexity index is 1170. The van der Waals surface area contributed by atoms with Gasteiger partial charge in [-0.05, 0) is 60.9 Å². The molecule has 2 aliphatic heterocycles. The van der Waals surface area contributed by atoms with Crippen molar-refractivity contribution in [1.29, 1.82) is 0 Å². The zero-order chi connectivity index (χ0) is 21.4. The highest BCUT2D eigenvalue weighted by molar-refractivity contribution is 6.46. The van der Waals surface area contributed by atoms with Crippen LogP contribution in [-0.4, -0.2) is 33.3 Å². The summed E-state index contributed by atoms with van der Waals surface area (Å²) >= 11 is 0. The molecule has 1 unspecified atom stereocenters. The van der Waals surface area contributed by atoms with Gasteiger partial charge in [-0.15, -0.1) is 0 Å². The smallest absolute Gasteiger partial charge is 0.296 e. The molecular weight excluding hydrogens is 396 g/mol. The van der Waals surface area contributed by atoms with Crippen LogP contribution in [0.5, 0.6) is 5.75 Å². The van der Waals surface area contributed by atoms with E-state index in [1.807, 2.05) is 12.1 Å². The van der Waals surface area contributed by atoms with Gasteiger partial charge in [-0.25, -0.2) is 0 Å². The number of amides is 1. The molecule has 1 atom stereocenters. The molecule has 0 spiro atoms. The summed E-state index contributed by atoms with van der Waals surface area (Å²) in [6.45, 7) is 0.779. The summed E-state index contributed by atoms with van der Waals surface area (Å²) < 4.78 is 11.2. The standard InChI is InChI=1S/C24H20N2O5/c27-22(16-8-9-18-15(13-16)5-3-11-30-18)20-21(19-7-4-12-31-19)26(24(29)23(20)28)14-17-6-1-2-10-25-17/h1-2,4,6-10,12-13,21,27H,3,5,11,14H2/b22-20-. The van der Waals surface area contributed by atoms with E-state index in [1.165, 1.54) is 11.2 Å². The number of Topliss-reactive ketones (excluding diaryl/α,β-unsaturated/α-hetero) is 1. The quantitative estimate of drug-likeness (QED) is 0.397. The normalized spacial score (nSPS) is 19.9. The maximum absolute atomic E-state index is 13.0. The number of hydrogen-bond donors (Lipinski definition) is 1. The van der Waals surface area contributed by atoms with Crippen molar-refractivity contribution in [3.63, 3.8) is 0 Å². The highest BCUT2D eigenvalue weighted by atomic mass is 16.5. The van der Waals surface area contributed by atoms with Crippen LogP contribution in [-0.2, 0) is 22.6 Å². The average molecular weight is 416 g/mol. The molecule has 1 aromatic carbocycles. The van der Waals surface area contributed by atoms with Gasteiger partial charge in [0.25, 0.3) is 11.7 Å². The Morgan fingerprint density at radius 1 is 1.16 bits per heavy atom. The number of furan rings is 1. The molecule has 0 aliphatic carbocycles. The van der Waals surface area contributed by atoms with Gasteiger partial charge in [-0.2, -0.15) is 0 Å². The summed E-state index contributed by atoms with van der Waals surface area (Å²) in [5.74, 6) is -0.491. The number of fused-ring (bicyclic) bond motifs is 1. The van der Waals surface area contributed by atoms with Crippen LogP contribution in [0, 0.1) is 0 Å². The number of ether oxygens (including phenoxy) is 1. The van der Waals surface area contributed by atoms with Gasteiger partial charge in [0.15, 0.2) is 0 Å². The Morgan fingerprint density at radius 2 is 2.06 bits per heavy atom. The molecule has 0 bridgehead atoms. The number of aliphatic hydroxyl groups excluding tert-OH is 1. The molecule has 0 saturated carbocycles. The second-order valence-corrected chi connectivity index (χ2v) is 7.54. The van der Waals surface area contributed by atoms with Crippen LogP contribution in [0.2, 0.25) is 0 Å². The first-order valence-electron chi connectivity index (χ1n) is 10.1. The second kappa shape index (κ2) is 7.75. The summed E-state index contributed by atoms with van der Waals surface area (Å²) in [4.78, 5) is 31.6. The van der Waals surface area contributed by atoms with Crippen molar-refractivity contribution < 1.29 is 23.8 Å². The molecule has 4 heterocycles. The van der Waals surface area contributed by atoms with Crippen molar-refractivity contribution in [2.75, 3.05) is 6.61 Å². The maximum Gasteiger partial charge on any atom is 0.296 e. The van der Waals surface area contributed by atoms with E-state index in [-0.39, 0.29) is 17.9 Å². The third kappa shape index (κ3) is 3.38. The number of nitrogens with zero attached hydrogens (tertiary/aromatic N) is 2. The molecule has 31 heavy (non-hydrogen) atoms. The number of aliphatic hydroxyl groups is 1. The number of carbonyl (C=O) groups excluding carboxylic acids is 2. The van der Waals surface area contributed by atoms with Crippen molar-refractivity contribution >= 4 is 17.4 Å². The SMILES string of the molecule is O=C1C(=O)N(Cc2ccccn2)C(c2ccco2)/C1=C(/O)c1ccc2c(c1)CCCO2. The first-order valence-corrected chi connectivity index (χ1v) is 10.1. The van der Waals surface area contributed by atoms with E-state index in [0.717, 1.165) is 24.2 Å². The molecule has 3 aromatic rings. The molecule has 1 saturated heterocycles. The molecule has 0 radical (unpaired) electrons. The number of aryl methyl sites for hydroxylation is 1. The van der Waals surface area contributed by atoms with E-state index in [4.69, 9.17) is 9.15 Å². The van der Waals surface area contributed by atoms with Crippen molar-refractivity contribution in [2.45, 2.75) is 25.4 Å². The molecule has 5 rings (SSSR count). The Kier molecular flexibility index (Phi) is 4.78. The Balaban J connectivity index is 1.60. The van der Waals surface area contributed by atoms with Crippen LogP contribution in [0.3, 0.4) is 0 Å². The van der Waals surface area contributed by atoms with E-state index in [1.54, 1.807) is 42.6 Å². The van der Waals surface area contributed by atoms with Crippen LogP contribution < -0.4 is 4.74 Å². The van der Waals surface area contributed by atoms with E-state index in [2.05, 4.69) is 4.98 Å². The minimum atomic E-state index is -0.843. The minimum absolute atomic E-state index is 0.00700. The first-order chi connectivity index (χ1) is 15.1. The summed E-state index contributed by atoms with van der Waals surface area (Å²) in [6.07, 6.45) is 4.82. The van der Waals surface area contributed by atoms with Gasteiger partial charge in [0.05, 0.1) is 30.7 Å². The monoisotopic (exact) mass is 416 g/mol. The number of carbonyl (C=O) groups is 2. The molecule has 7 heteroatoms. The predicted octanol–water partition coefficient (Wildman–Crippen LogP) is 3.62. The Labute approximate surface area is 178 Å². The molecule has 2 aliphatic rings. The van der Waals surface area contributed by atoms with E-state index in [9.17, 15) is 14.7 Å². The highest BCUT2D eigenvalue weighted by Crippen LogP contribution is 2.41. The fourth-order valence-electron chi connectivity index (χ4n) is 4.12. The summed E-state index contributed by atoms with van der Waals surface area (Å²) in [6, 6.07) is 13.2. The lowest BCUT2D eigenvalue weighted by Gasteiger charge is -2.23. The number of pyridine rings is 1. The van der Waals surface area contributed by atoms with E-state index >= 15 is 0 Å². The van der Waals surface area contributed by atoms with E-state index < -0.39 is 17.7 Å². The molecule has 7 nitrogen and oxygen atoms in total. The van der Waals surface area contributed by atoms with Crippen molar-refractivity contribution in [3.8, 4) is 5.75 Å². The Morgan fingerprint density at radius 3 is 2.84 bits per heavy atom. The summed E-state index contributed by atoms with van der Waals surface area (Å²) in [7, 11) is 0. The molecule has 2 aromatic heterocycles. The number of aromatic nitrogens is 1. The molecule has 1 amide bonds.